The third kappa shape index (κ3) is 4.20. The predicted octanol–water partition coefficient (Wildman–Crippen LogP) is 0.579. The molecule has 0 saturated heterocycles. The average Bonchev–Trinajstić information content (AvgIpc) is 2.81. The number of aliphatic hydroxyl groups excluding tert-OH is 1. The lowest BCUT2D eigenvalue weighted by molar-refractivity contribution is 0.274. The van der Waals surface area contributed by atoms with Crippen molar-refractivity contribution in [3.8, 4) is 0 Å². The number of nitrogens with zero attached hydrogens (tertiary/aromatic N) is 3. The summed E-state index contributed by atoms with van der Waals surface area (Å²) in [4.78, 5) is 8.23. The molecule has 0 fully saturated rings. The van der Waals surface area contributed by atoms with Crippen LogP contribution in [-0.4, -0.2) is 40.1 Å². The van der Waals surface area contributed by atoms with Gasteiger partial charge in [0.05, 0.1) is 24.7 Å². The topological polar surface area (TPSA) is 99.7 Å². The molecule has 0 aliphatic heterocycles. The fraction of sp³-hybridized carbons (Fsp3) is 0.364. The van der Waals surface area contributed by atoms with E-state index < -0.39 is 0 Å². The molecule has 1 rings (SSSR count). The first-order chi connectivity index (χ1) is 8.17. The summed E-state index contributed by atoms with van der Waals surface area (Å²) in [6, 6.07) is 1.63. The van der Waals surface area contributed by atoms with Crippen molar-refractivity contribution in [1.29, 1.82) is 0 Å². The maximum Gasteiger partial charge on any atom is 0.152 e. The van der Waals surface area contributed by atoms with Gasteiger partial charge in [0.2, 0.25) is 0 Å². The molecule has 1 atom stereocenters. The number of amidine groups is 1. The van der Waals surface area contributed by atoms with E-state index in [0.717, 1.165) is 11.3 Å². The molecule has 6 heteroatoms. The van der Waals surface area contributed by atoms with Crippen molar-refractivity contribution in [2.24, 2.45) is 15.7 Å². The number of hydrogen-bond acceptors (Lipinski definition) is 3. The summed E-state index contributed by atoms with van der Waals surface area (Å²) in [6.45, 7) is 3.65. The Morgan fingerprint density at radius 3 is 3.00 bits per heavy atom. The molecule has 0 spiro atoms. The van der Waals surface area contributed by atoms with Gasteiger partial charge in [0.15, 0.2) is 5.84 Å². The lowest BCUT2D eigenvalue weighted by Crippen LogP contribution is -2.10. The summed E-state index contributed by atoms with van der Waals surface area (Å²) in [5.41, 5.74) is 6.98. The zero-order chi connectivity index (χ0) is 12.7. The van der Waals surface area contributed by atoms with Gasteiger partial charge in [-0.2, -0.15) is 5.10 Å². The van der Waals surface area contributed by atoms with Crippen LogP contribution in [0.3, 0.4) is 0 Å². The Hall–Kier alpha value is -1.95. The van der Waals surface area contributed by atoms with Crippen molar-refractivity contribution in [3.63, 3.8) is 0 Å². The van der Waals surface area contributed by atoms with Crippen molar-refractivity contribution in [1.82, 2.24) is 10.2 Å². The van der Waals surface area contributed by atoms with Gasteiger partial charge in [0, 0.05) is 6.20 Å². The van der Waals surface area contributed by atoms with Gasteiger partial charge in [0.1, 0.15) is 0 Å². The van der Waals surface area contributed by atoms with Crippen LogP contribution >= 0.6 is 0 Å². The van der Waals surface area contributed by atoms with Crippen LogP contribution in [0.25, 0.3) is 6.08 Å². The van der Waals surface area contributed by atoms with Crippen LogP contribution in [0, 0.1) is 0 Å². The van der Waals surface area contributed by atoms with E-state index in [1.54, 1.807) is 13.1 Å². The minimum absolute atomic E-state index is 0.0269. The Morgan fingerprint density at radius 2 is 2.47 bits per heavy atom. The van der Waals surface area contributed by atoms with Crippen molar-refractivity contribution in [2.75, 3.05) is 6.61 Å². The molecule has 6 nitrogen and oxygen atoms in total. The summed E-state index contributed by atoms with van der Waals surface area (Å²) in [7, 11) is 0. The summed E-state index contributed by atoms with van der Waals surface area (Å²) < 4.78 is 0. The molecular weight excluding hydrogens is 218 g/mol. The minimum Gasteiger partial charge on any atom is -0.394 e. The second kappa shape index (κ2) is 6.59. The first-order valence-electron chi connectivity index (χ1n) is 5.28. The largest absolute Gasteiger partial charge is 0.394 e. The van der Waals surface area contributed by atoms with Crippen molar-refractivity contribution in [2.45, 2.75) is 19.9 Å². The summed E-state index contributed by atoms with van der Waals surface area (Å²) in [5, 5.41) is 15.6. The summed E-state index contributed by atoms with van der Waals surface area (Å²) >= 11 is 0. The molecule has 1 heterocycles. The fourth-order valence-corrected chi connectivity index (χ4v) is 1.20. The highest BCUT2D eigenvalue weighted by molar-refractivity contribution is 6.04. The van der Waals surface area contributed by atoms with Gasteiger partial charge >= 0.3 is 0 Å². The zero-order valence-corrected chi connectivity index (χ0v) is 9.96. The Bertz CT molecular complexity index is 419. The van der Waals surface area contributed by atoms with Crippen molar-refractivity contribution >= 4 is 18.3 Å². The number of H-pyrrole nitrogens is 1. The third-order valence-electron chi connectivity index (χ3n) is 2.05. The van der Waals surface area contributed by atoms with Crippen LogP contribution in [0.2, 0.25) is 0 Å². The minimum atomic E-state index is -0.209. The van der Waals surface area contributed by atoms with E-state index in [4.69, 9.17) is 10.8 Å². The SMILES string of the molecule is C/C(=C\c1ccn[nH]1)C(N=CN)=N[C@H](C)CO. The Labute approximate surface area is 100.0 Å². The fourth-order valence-electron chi connectivity index (χ4n) is 1.20. The molecule has 0 amide bonds. The Morgan fingerprint density at radius 1 is 1.71 bits per heavy atom. The van der Waals surface area contributed by atoms with Crippen molar-refractivity contribution < 1.29 is 5.11 Å². The van der Waals surface area contributed by atoms with Gasteiger partial charge in [-0.3, -0.25) is 10.1 Å². The van der Waals surface area contributed by atoms with Gasteiger partial charge in [-0.1, -0.05) is 0 Å². The van der Waals surface area contributed by atoms with Crippen LogP contribution in [0.5, 0.6) is 0 Å². The number of aliphatic hydroxyl groups is 1. The van der Waals surface area contributed by atoms with Crippen LogP contribution in [0.15, 0.2) is 27.8 Å². The van der Waals surface area contributed by atoms with Gasteiger partial charge in [-0.05, 0) is 31.6 Å². The molecule has 1 aromatic rings. The normalized spacial score (nSPS) is 15.5. The number of rotatable bonds is 4. The molecule has 0 saturated carbocycles. The van der Waals surface area contributed by atoms with Gasteiger partial charge < -0.3 is 10.8 Å². The van der Waals surface area contributed by atoms with E-state index in [0.29, 0.717) is 5.84 Å². The maximum atomic E-state index is 8.96. The molecule has 1 aromatic heterocycles. The van der Waals surface area contributed by atoms with Crippen LogP contribution < -0.4 is 5.73 Å². The molecule has 4 N–H and O–H groups in total. The molecule has 0 unspecified atom stereocenters. The van der Waals surface area contributed by atoms with Gasteiger partial charge in [0.25, 0.3) is 0 Å². The molecule has 0 radical (unpaired) electrons. The van der Waals surface area contributed by atoms with E-state index >= 15 is 0 Å². The maximum absolute atomic E-state index is 8.96. The molecule has 17 heavy (non-hydrogen) atoms. The molecular formula is C11H17N5O. The molecule has 0 aliphatic rings. The Balaban J connectivity index is 2.95. The first kappa shape index (κ1) is 13.1. The van der Waals surface area contributed by atoms with Crippen LogP contribution in [-0.2, 0) is 0 Å². The predicted molar refractivity (Wildman–Crippen MR) is 68.9 cm³/mol. The second-order valence-electron chi connectivity index (χ2n) is 3.60. The van der Waals surface area contributed by atoms with Crippen LogP contribution in [0.1, 0.15) is 19.5 Å². The number of aromatic nitrogens is 2. The Kier molecular flexibility index (Phi) is 5.09. The smallest absolute Gasteiger partial charge is 0.152 e. The monoisotopic (exact) mass is 235 g/mol. The van der Waals surface area contributed by atoms with E-state index in [-0.39, 0.29) is 12.6 Å². The first-order valence-corrected chi connectivity index (χ1v) is 5.28. The highest BCUT2D eigenvalue weighted by Crippen LogP contribution is 2.07. The summed E-state index contributed by atoms with van der Waals surface area (Å²) in [5.74, 6) is 0.503. The van der Waals surface area contributed by atoms with E-state index in [1.165, 1.54) is 6.34 Å². The highest BCUT2D eigenvalue weighted by atomic mass is 16.3. The van der Waals surface area contributed by atoms with E-state index in [2.05, 4.69) is 20.2 Å². The van der Waals surface area contributed by atoms with Crippen molar-refractivity contribution in [3.05, 3.63) is 23.5 Å². The molecule has 0 bridgehead atoms. The van der Waals surface area contributed by atoms with Crippen LogP contribution in [0.4, 0.5) is 0 Å². The quantitative estimate of drug-likeness (QED) is 0.525. The number of nitrogens with one attached hydrogen (secondary N) is 1. The lowest BCUT2D eigenvalue weighted by atomic mass is 10.2. The van der Waals surface area contributed by atoms with E-state index in [1.807, 2.05) is 19.1 Å². The van der Waals surface area contributed by atoms with Gasteiger partial charge in [-0.25, -0.2) is 4.99 Å². The molecule has 0 aliphatic carbocycles. The number of nitrogens with two attached hydrogens (primary N) is 1. The molecule has 0 aromatic carbocycles. The average molecular weight is 235 g/mol. The highest BCUT2D eigenvalue weighted by Gasteiger charge is 2.04. The summed E-state index contributed by atoms with van der Waals surface area (Å²) in [6.07, 6.45) is 4.72. The lowest BCUT2D eigenvalue weighted by Gasteiger charge is -2.05. The number of aromatic amines is 1. The number of aliphatic imine (C=N–C) groups is 2. The second-order valence-corrected chi connectivity index (χ2v) is 3.60. The standard InChI is InChI=1S/C11H17N5O/c1-8(5-10-3-4-14-16-10)11(13-7-12)15-9(2)6-17/h3-5,7,9,17H,6H2,1-2H3,(H,14,16)(H2,12,13,15)/b8-5+/t9-/m1/s1. The zero-order valence-electron chi connectivity index (χ0n) is 9.96. The van der Waals surface area contributed by atoms with E-state index in [9.17, 15) is 0 Å². The number of hydrogen-bond donors (Lipinski definition) is 3. The van der Waals surface area contributed by atoms with Gasteiger partial charge in [-0.15, -0.1) is 0 Å². The third-order valence-corrected chi connectivity index (χ3v) is 2.05. The molecule has 92 valence electrons.